The van der Waals surface area contributed by atoms with Gasteiger partial charge in [0.05, 0.1) is 12.2 Å². The molecule has 0 aliphatic heterocycles. The Bertz CT molecular complexity index is 719. The zero-order chi connectivity index (χ0) is 17.9. The minimum Gasteiger partial charge on any atom is -0.331 e. The van der Waals surface area contributed by atoms with Gasteiger partial charge in [-0.3, -0.25) is 14.3 Å². The Kier molecular flexibility index (Phi) is 5.39. The normalized spacial score (nSPS) is 12.1. The lowest BCUT2D eigenvalue weighted by Crippen LogP contribution is -2.38. The average Bonchev–Trinajstić information content (AvgIpc) is 2.99. The molecule has 0 radical (unpaired) electrons. The number of likely N-dealkylation sites (N-methyl/N-ethyl adjacent to an activating group) is 1. The first kappa shape index (κ1) is 17.7. The van der Waals surface area contributed by atoms with Crippen molar-refractivity contribution in [1.29, 1.82) is 0 Å². The van der Waals surface area contributed by atoms with E-state index >= 15 is 0 Å². The first-order valence-electron chi connectivity index (χ1n) is 7.96. The van der Waals surface area contributed by atoms with Crippen molar-refractivity contribution in [1.82, 2.24) is 14.7 Å². The van der Waals surface area contributed by atoms with Crippen LogP contribution in [0.3, 0.4) is 0 Å². The Morgan fingerprint density at radius 1 is 1.12 bits per heavy atom. The van der Waals surface area contributed by atoms with E-state index in [0.29, 0.717) is 11.6 Å². The third-order valence-electron chi connectivity index (χ3n) is 4.14. The van der Waals surface area contributed by atoms with Gasteiger partial charge in [-0.05, 0) is 30.5 Å². The monoisotopic (exact) mass is 328 g/mol. The van der Waals surface area contributed by atoms with E-state index < -0.39 is 11.8 Å². The summed E-state index contributed by atoms with van der Waals surface area (Å²) in [4.78, 5) is 25.9. The lowest BCUT2D eigenvalue weighted by Gasteiger charge is -2.23. The fourth-order valence-corrected chi connectivity index (χ4v) is 2.35. The van der Waals surface area contributed by atoms with Crippen LogP contribution in [0.5, 0.6) is 0 Å². The average molecular weight is 328 g/mol. The number of hydrogen-bond donors (Lipinski definition) is 1. The highest BCUT2D eigenvalue weighted by molar-refractivity contribution is 6.39. The van der Waals surface area contributed by atoms with Gasteiger partial charge in [0, 0.05) is 31.5 Å². The van der Waals surface area contributed by atoms with Crippen molar-refractivity contribution >= 4 is 17.5 Å². The number of nitrogens with zero attached hydrogens (tertiary/aromatic N) is 3. The number of aromatic nitrogens is 2. The maximum atomic E-state index is 12.3. The molecule has 6 heteroatoms. The fraction of sp³-hybridized carbons (Fsp3) is 0.389. The highest BCUT2D eigenvalue weighted by Gasteiger charge is 2.24. The molecule has 2 rings (SSSR count). The lowest BCUT2D eigenvalue weighted by atomic mass is 10.0. The summed E-state index contributed by atoms with van der Waals surface area (Å²) in [6.07, 6.45) is 3.52. The van der Waals surface area contributed by atoms with Gasteiger partial charge in [0.15, 0.2) is 0 Å². The van der Waals surface area contributed by atoms with Crippen LogP contribution in [0.2, 0.25) is 0 Å². The number of rotatable bonds is 4. The number of amides is 2. The summed E-state index contributed by atoms with van der Waals surface area (Å²) < 4.78 is 1.67. The molecule has 0 spiro atoms. The fourth-order valence-electron chi connectivity index (χ4n) is 2.35. The molecule has 0 saturated carbocycles. The van der Waals surface area contributed by atoms with E-state index in [-0.39, 0.29) is 6.04 Å². The van der Waals surface area contributed by atoms with Crippen LogP contribution in [-0.2, 0) is 16.6 Å². The van der Waals surface area contributed by atoms with Gasteiger partial charge < -0.3 is 10.2 Å². The number of carbonyl (C=O) groups excluding carboxylic acids is 2. The van der Waals surface area contributed by atoms with Crippen LogP contribution in [0.4, 0.5) is 5.69 Å². The highest BCUT2D eigenvalue weighted by Crippen LogP contribution is 2.19. The van der Waals surface area contributed by atoms with Crippen molar-refractivity contribution in [2.75, 3.05) is 12.4 Å². The molecule has 1 atom stereocenters. The topological polar surface area (TPSA) is 67.2 Å². The predicted molar refractivity (Wildman–Crippen MR) is 93.6 cm³/mol. The quantitative estimate of drug-likeness (QED) is 0.878. The molecule has 0 aliphatic carbocycles. The predicted octanol–water partition coefficient (Wildman–Crippen LogP) is 2.70. The number of hydrogen-bond acceptors (Lipinski definition) is 3. The number of aryl methyl sites for hydroxylation is 1. The molecule has 0 fully saturated rings. The first-order valence-corrected chi connectivity index (χ1v) is 7.96. The highest BCUT2D eigenvalue weighted by atomic mass is 16.2. The van der Waals surface area contributed by atoms with Gasteiger partial charge in [-0.15, -0.1) is 0 Å². The maximum Gasteiger partial charge on any atom is 0.313 e. The first-order chi connectivity index (χ1) is 11.3. The van der Waals surface area contributed by atoms with Gasteiger partial charge in [-0.1, -0.05) is 26.0 Å². The summed E-state index contributed by atoms with van der Waals surface area (Å²) in [7, 11) is 3.42. The molecule has 6 nitrogen and oxygen atoms in total. The SMILES string of the molecule is CC(C)c1ccc(NC(=O)C(=O)N(C)[C@H](C)c2cnn(C)c2)cc1. The molecule has 2 amide bonds. The minimum absolute atomic E-state index is 0.236. The van der Waals surface area contributed by atoms with Crippen molar-refractivity contribution in [3.05, 3.63) is 47.8 Å². The summed E-state index contributed by atoms with van der Waals surface area (Å²) in [5, 5.41) is 6.74. The van der Waals surface area contributed by atoms with Crippen molar-refractivity contribution in [3.63, 3.8) is 0 Å². The summed E-state index contributed by atoms with van der Waals surface area (Å²) in [6, 6.07) is 7.29. The van der Waals surface area contributed by atoms with E-state index in [1.165, 1.54) is 10.5 Å². The Balaban J connectivity index is 2.01. The van der Waals surface area contributed by atoms with Gasteiger partial charge >= 0.3 is 11.8 Å². The second kappa shape index (κ2) is 7.29. The van der Waals surface area contributed by atoms with Crippen LogP contribution < -0.4 is 5.32 Å². The third-order valence-corrected chi connectivity index (χ3v) is 4.14. The number of benzene rings is 1. The molecule has 128 valence electrons. The van der Waals surface area contributed by atoms with Crippen LogP contribution in [0.1, 0.15) is 43.9 Å². The van der Waals surface area contributed by atoms with Gasteiger partial charge in [0.2, 0.25) is 0 Å². The number of nitrogens with one attached hydrogen (secondary N) is 1. The van der Waals surface area contributed by atoms with Gasteiger partial charge in [0.25, 0.3) is 0 Å². The summed E-state index contributed by atoms with van der Waals surface area (Å²) >= 11 is 0. The van der Waals surface area contributed by atoms with Crippen LogP contribution >= 0.6 is 0 Å². The summed E-state index contributed by atoms with van der Waals surface area (Å²) in [5.41, 5.74) is 2.67. The van der Waals surface area contributed by atoms with Crippen LogP contribution in [0.15, 0.2) is 36.7 Å². The van der Waals surface area contributed by atoms with Crippen molar-refractivity contribution in [3.8, 4) is 0 Å². The van der Waals surface area contributed by atoms with Crippen molar-refractivity contribution < 1.29 is 9.59 Å². The van der Waals surface area contributed by atoms with E-state index in [1.54, 1.807) is 17.9 Å². The summed E-state index contributed by atoms with van der Waals surface area (Å²) in [6.45, 7) is 6.07. The van der Waals surface area contributed by atoms with E-state index in [2.05, 4.69) is 24.3 Å². The molecule has 0 unspecified atom stereocenters. The minimum atomic E-state index is -0.648. The van der Waals surface area contributed by atoms with Gasteiger partial charge in [-0.2, -0.15) is 5.10 Å². The Morgan fingerprint density at radius 3 is 2.25 bits per heavy atom. The maximum absolute atomic E-state index is 12.3. The summed E-state index contributed by atoms with van der Waals surface area (Å²) in [5.74, 6) is -0.812. The van der Waals surface area contributed by atoms with Crippen LogP contribution in [0.25, 0.3) is 0 Å². The molecule has 1 aromatic carbocycles. The van der Waals surface area contributed by atoms with Crippen molar-refractivity contribution in [2.45, 2.75) is 32.7 Å². The second-order valence-electron chi connectivity index (χ2n) is 6.27. The van der Waals surface area contributed by atoms with Crippen LogP contribution in [-0.4, -0.2) is 33.5 Å². The Morgan fingerprint density at radius 2 is 1.75 bits per heavy atom. The second-order valence-corrected chi connectivity index (χ2v) is 6.27. The molecule has 0 saturated heterocycles. The molecule has 1 N–H and O–H groups in total. The largest absolute Gasteiger partial charge is 0.331 e. The Hall–Kier alpha value is -2.63. The molecule has 0 aliphatic rings. The standard InChI is InChI=1S/C18H24N4O2/c1-12(2)14-6-8-16(9-7-14)20-17(23)18(24)22(5)13(3)15-10-19-21(4)11-15/h6-13H,1-5H3,(H,20,23)/t13-/m1/s1. The lowest BCUT2D eigenvalue weighted by molar-refractivity contribution is -0.143. The van der Waals surface area contributed by atoms with E-state index in [0.717, 1.165) is 5.56 Å². The molecule has 2 aromatic rings. The molecule has 1 heterocycles. The van der Waals surface area contributed by atoms with Gasteiger partial charge in [-0.25, -0.2) is 0 Å². The van der Waals surface area contributed by atoms with E-state index in [4.69, 9.17) is 0 Å². The molecular formula is C18H24N4O2. The molecular weight excluding hydrogens is 304 g/mol. The zero-order valence-electron chi connectivity index (χ0n) is 14.8. The third kappa shape index (κ3) is 4.01. The zero-order valence-corrected chi connectivity index (χ0v) is 14.8. The van der Waals surface area contributed by atoms with E-state index in [1.807, 2.05) is 44.4 Å². The van der Waals surface area contributed by atoms with E-state index in [9.17, 15) is 9.59 Å². The van der Waals surface area contributed by atoms with Crippen LogP contribution in [0, 0.1) is 0 Å². The number of carbonyl (C=O) groups is 2. The molecule has 0 bridgehead atoms. The molecule has 24 heavy (non-hydrogen) atoms. The number of anilines is 1. The molecule has 1 aromatic heterocycles. The Labute approximate surface area is 142 Å². The smallest absolute Gasteiger partial charge is 0.313 e. The van der Waals surface area contributed by atoms with Crippen molar-refractivity contribution in [2.24, 2.45) is 7.05 Å². The van der Waals surface area contributed by atoms with Gasteiger partial charge in [0.1, 0.15) is 0 Å².